The van der Waals surface area contributed by atoms with Crippen LogP contribution in [0.25, 0.3) is 0 Å². The minimum atomic E-state index is -5.08. The van der Waals surface area contributed by atoms with E-state index in [0.29, 0.717) is 37.0 Å². The molecule has 2 saturated heterocycles. The molecule has 2 aromatic rings. The van der Waals surface area contributed by atoms with Gasteiger partial charge in [0.15, 0.2) is 5.69 Å². The van der Waals surface area contributed by atoms with Gasteiger partial charge in [0.2, 0.25) is 5.88 Å². The molecule has 12 heteroatoms. The van der Waals surface area contributed by atoms with E-state index in [-0.39, 0.29) is 17.6 Å². The van der Waals surface area contributed by atoms with Gasteiger partial charge in [-0.05, 0) is 25.8 Å². The van der Waals surface area contributed by atoms with E-state index in [4.69, 9.17) is 23.9 Å². The summed E-state index contributed by atoms with van der Waals surface area (Å²) in [5, 5.41) is 11.0. The number of pyridine rings is 1. The Kier molecular flexibility index (Phi) is 7.02. The number of carboxylic acid groups (broad SMARTS) is 1. The van der Waals surface area contributed by atoms with Crippen LogP contribution in [0.1, 0.15) is 35.5 Å². The first-order chi connectivity index (χ1) is 15.1. The van der Waals surface area contributed by atoms with E-state index in [9.17, 15) is 18.0 Å². The summed E-state index contributed by atoms with van der Waals surface area (Å²) >= 11 is 0. The number of piperidine rings is 1. The zero-order valence-electron chi connectivity index (χ0n) is 17.2. The zero-order valence-corrected chi connectivity index (χ0v) is 17.2. The largest absolute Gasteiger partial charge is 0.490 e. The van der Waals surface area contributed by atoms with Gasteiger partial charge >= 0.3 is 12.1 Å². The smallest absolute Gasteiger partial charge is 0.475 e. The number of likely N-dealkylation sites (tertiary alicyclic amines) is 1. The van der Waals surface area contributed by atoms with E-state index in [2.05, 4.69) is 10.1 Å². The molecule has 1 spiro atoms. The Bertz CT molecular complexity index is 936. The molecule has 2 aliphatic heterocycles. The number of carboxylic acids is 1. The number of alkyl halides is 3. The number of aliphatic carboxylic acids is 1. The second-order valence-electron chi connectivity index (χ2n) is 7.56. The molecule has 0 saturated carbocycles. The molecule has 1 N–H and O–H groups in total. The third kappa shape index (κ3) is 5.96. The number of halogens is 3. The number of aromatic nitrogens is 2. The molecular weight excluding hydrogens is 435 g/mol. The molecule has 2 aliphatic rings. The van der Waals surface area contributed by atoms with E-state index in [1.165, 1.54) is 0 Å². The monoisotopic (exact) mass is 457 g/mol. The summed E-state index contributed by atoms with van der Waals surface area (Å²) in [6.07, 6.45) is -0.831. The maximum atomic E-state index is 12.6. The molecule has 2 aromatic heterocycles. The van der Waals surface area contributed by atoms with Gasteiger partial charge < -0.3 is 24.0 Å². The predicted octanol–water partition coefficient (Wildman–Crippen LogP) is 2.85. The highest BCUT2D eigenvalue weighted by Gasteiger charge is 2.46. The highest BCUT2D eigenvalue weighted by Crippen LogP contribution is 2.36. The van der Waals surface area contributed by atoms with E-state index >= 15 is 0 Å². The first kappa shape index (κ1) is 23.5. The van der Waals surface area contributed by atoms with Crippen molar-refractivity contribution in [3.8, 4) is 5.88 Å². The van der Waals surface area contributed by atoms with Gasteiger partial charge in [0.25, 0.3) is 5.91 Å². The van der Waals surface area contributed by atoms with Gasteiger partial charge in [-0.1, -0.05) is 11.2 Å². The Hall–Kier alpha value is -3.15. The molecular formula is C20H22F3N3O6. The molecule has 0 aromatic carbocycles. The van der Waals surface area contributed by atoms with Crippen molar-refractivity contribution in [2.75, 3.05) is 19.7 Å². The second kappa shape index (κ2) is 9.55. The quantitative estimate of drug-likeness (QED) is 0.748. The SMILES string of the molecule is Cc1cc(C(=O)N2CCC[C@]3(C[C@H](Oc4ccccn4)CO3)C2)no1.O=C(O)C(F)(F)F. The first-order valence-electron chi connectivity index (χ1n) is 9.82. The van der Waals surface area contributed by atoms with Crippen LogP contribution in [0, 0.1) is 6.92 Å². The molecule has 32 heavy (non-hydrogen) atoms. The topological polar surface area (TPSA) is 115 Å². The molecule has 4 heterocycles. The van der Waals surface area contributed by atoms with Crippen LogP contribution < -0.4 is 4.74 Å². The first-order valence-corrected chi connectivity index (χ1v) is 9.82. The van der Waals surface area contributed by atoms with E-state index in [0.717, 1.165) is 19.3 Å². The van der Waals surface area contributed by atoms with Crippen molar-refractivity contribution >= 4 is 11.9 Å². The number of aryl methyl sites for hydroxylation is 1. The van der Waals surface area contributed by atoms with Crippen LogP contribution in [0.5, 0.6) is 5.88 Å². The average molecular weight is 457 g/mol. The van der Waals surface area contributed by atoms with E-state index in [1.807, 2.05) is 23.1 Å². The molecule has 2 atom stereocenters. The Morgan fingerprint density at radius 1 is 1.34 bits per heavy atom. The van der Waals surface area contributed by atoms with Gasteiger partial charge in [-0.15, -0.1) is 0 Å². The van der Waals surface area contributed by atoms with Crippen molar-refractivity contribution in [2.45, 2.75) is 44.1 Å². The van der Waals surface area contributed by atoms with Crippen LogP contribution in [0.15, 0.2) is 35.0 Å². The molecule has 0 unspecified atom stereocenters. The lowest BCUT2D eigenvalue weighted by Crippen LogP contribution is -2.50. The maximum Gasteiger partial charge on any atom is 0.490 e. The van der Waals surface area contributed by atoms with Crippen LogP contribution in [0.4, 0.5) is 13.2 Å². The number of carbonyl (C=O) groups is 2. The number of hydrogen-bond donors (Lipinski definition) is 1. The van der Waals surface area contributed by atoms with Crippen molar-refractivity contribution in [3.05, 3.63) is 41.9 Å². The summed E-state index contributed by atoms with van der Waals surface area (Å²) in [5.74, 6) is -1.62. The van der Waals surface area contributed by atoms with Gasteiger partial charge in [-0.3, -0.25) is 4.79 Å². The van der Waals surface area contributed by atoms with Crippen molar-refractivity contribution in [1.82, 2.24) is 15.0 Å². The standard InChI is InChI=1S/C18H21N3O4.C2HF3O2/c1-13-9-15(20-25-13)17(22)21-8-4-6-18(12-21)10-14(11-23-18)24-16-5-2-3-7-19-16;3-2(4,5)1(6)7/h2-3,5,7,9,14H,4,6,8,10-12H2,1H3;(H,6,7)/t14-,18-;/m0./s1. The third-order valence-electron chi connectivity index (χ3n) is 5.02. The number of carbonyl (C=O) groups excluding carboxylic acids is 1. The number of amides is 1. The van der Waals surface area contributed by atoms with Crippen LogP contribution in [-0.4, -0.2) is 69.6 Å². The molecule has 4 rings (SSSR count). The van der Waals surface area contributed by atoms with Crippen LogP contribution >= 0.6 is 0 Å². The fraction of sp³-hybridized carbons (Fsp3) is 0.500. The van der Waals surface area contributed by atoms with Crippen LogP contribution in [-0.2, 0) is 9.53 Å². The Morgan fingerprint density at radius 3 is 2.69 bits per heavy atom. The van der Waals surface area contributed by atoms with Crippen molar-refractivity contribution in [3.63, 3.8) is 0 Å². The van der Waals surface area contributed by atoms with Crippen molar-refractivity contribution < 1.29 is 41.9 Å². The normalized spacial score (nSPS) is 22.9. The highest BCUT2D eigenvalue weighted by molar-refractivity contribution is 5.92. The van der Waals surface area contributed by atoms with E-state index < -0.39 is 12.1 Å². The highest BCUT2D eigenvalue weighted by atomic mass is 19.4. The lowest BCUT2D eigenvalue weighted by Gasteiger charge is -2.39. The molecule has 174 valence electrons. The minimum absolute atomic E-state index is 0.0424. The lowest BCUT2D eigenvalue weighted by atomic mass is 9.89. The van der Waals surface area contributed by atoms with E-state index in [1.54, 1.807) is 19.2 Å². The molecule has 2 fully saturated rings. The molecule has 0 bridgehead atoms. The lowest BCUT2D eigenvalue weighted by molar-refractivity contribution is -0.192. The molecule has 1 amide bonds. The van der Waals surface area contributed by atoms with Gasteiger partial charge in [0.1, 0.15) is 11.9 Å². The Morgan fingerprint density at radius 2 is 2.09 bits per heavy atom. The molecule has 9 nitrogen and oxygen atoms in total. The summed E-state index contributed by atoms with van der Waals surface area (Å²) in [6.45, 7) is 3.56. The number of hydrogen-bond acceptors (Lipinski definition) is 7. The summed E-state index contributed by atoms with van der Waals surface area (Å²) < 4.78 is 48.8. The van der Waals surface area contributed by atoms with Gasteiger partial charge in [-0.2, -0.15) is 13.2 Å². The minimum Gasteiger partial charge on any atom is -0.475 e. The Balaban J connectivity index is 0.000000360. The van der Waals surface area contributed by atoms with Gasteiger partial charge in [0, 0.05) is 31.3 Å². The summed E-state index contributed by atoms with van der Waals surface area (Å²) in [4.78, 5) is 27.5. The van der Waals surface area contributed by atoms with Crippen LogP contribution in [0.2, 0.25) is 0 Å². The Labute approximate surface area is 181 Å². The summed E-state index contributed by atoms with van der Waals surface area (Å²) in [6, 6.07) is 7.27. The third-order valence-corrected chi connectivity index (χ3v) is 5.02. The second-order valence-corrected chi connectivity index (χ2v) is 7.56. The van der Waals surface area contributed by atoms with Crippen LogP contribution in [0.3, 0.4) is 0 Å². The predicted molar refractivity (Wildman–Crippen MR) is 102 cm³/mol. The molecule has 0 aliphatic carbocycles. The van der Waals surface area contributed by atoms with Crippen molar-refractivity contribution in [1.29, 1.82) is 0 Å². The summed E-state index contributed by atoms with van der Waals surface area (Å²) in [5.41, 5.74) is 0.0143. The molecule has 0 radical (unpaired) electrons. The van der Waals surface area contributed by atoms with Crippen molar-refractivity contribution in [2.24, 2.45) is 0 Å². The zero-order chi connectivity index (χ0) is 23.4. The number of nitrogens with zero attached hydrogens (tertiary/aromatic N) is 3. The fourth-order valence-electron chi connectivity index (χ4n) is 3.65. The average Bonchev–Trinajstić information content (AvgIpc) is 3.34. The van der Waals surface area contributed by atoms with Gasteiger partial charge in [0.05, 0.1) is 18.8 Å². The number of ether oxygens (including phenoxy) is 2. The van der Waals surface area contributed by atoms with Gasteiger partial charge in [-0.25, -0.2) is 9.78 Å². The summed E-state index contributed by atoms with van der Waals surface area (Å²) in [7, 11) is 0. The maximum absolute atomic E-state index is 12.6. The number of rotatable bonds is 3. The fourth-order valence-corrected chi connectivity index (χ4v) is 3.65.